The van der Waals surface area contributed by atoms with Gasteiger partial charge in [-0.3, -0.25) is 4.98 Å². The molecule has 1 aromatic heterocycles. The SMILES string of the molecule is O=C(O/N=C(/c1ccccc1)c1ccncc1)c1cccc2ccccc12. The Morgan fingerprint density at radius 3 is 2.22 bits per heavy atom. The zero-order chi connectivity index (χ0) is 18.5. The van der Waals surface area contributed by atoms with Gasteiger partial charge in [0, 0.05) is 23.5 Å². The van der Waals surface area contributed by atoms with Crippen molar-refractivity contribution in [3.63, 3.8) is 0 Å². The fourth-order valence-electron chi connectivity index (χ4n) is 2.92. The first-order valence-corrected chi connectivity index (χ1v) is 8.56. The molecule has 0 unspecified atom stereocenters. The maximum Gasteiger partial charge on any atom is 0.366 e. The quantitative estimate of drug-likeness (QED) is 0.300. The molecule has 27 heavy (non-hydrogen) atoms. The second-order valence-corrected chi connectivity index (χ2v) is 5.95. The average molecular weight is 352 g/mol. The maximum absolute atomic E-state index is 12.7. The summed E-state index contributed by atoms with van der Waals surface area (Å²) in [6.07, 6.45) is 3.36. The van der Waals surface area contributed by atoms with Crippen LogP contribution >= 0.6 is 0 Å². The Morgan fingerprint density at radius 2 is 1.41 bits per heavy atom. The van der Waals surface area contributed by atoms with E-state index >= 15 is 0 Å². The number of rotatable bonds is 4. The molecule has 0 N–H and O–H groups in total. The molecule has 0 atom stereocenters. The van der Waals surface area contributed by atoms with E-state index in [-0.39, 0.29) is 0 Å². The average Bonchev–Trinajstić information content (AvgIpc) is 2.75. The van der Waals surface area contributed by atoms with Crippen LogP contribution in [0.5, 0.6) is 0 Å². The van der Waals surface area contributed by atoms with Crippen LogP contribution in [0.4, 0.5) is 0 Å². The normalized spacial score (nSPS) is 11.3. The maximum atomic E-state index is 12.7. The minimum atomic E-state index is -0.491. The van der Waals surface area contributed by atoms with Gasteiger partial charge in [0.15, 0.2) is 0 Å². The summed E-state index contributed by atoms with van der Waals surface area (Å²) in [4.78, 5) is 22.1. The standard InChI is InChI=1S/C23H16N2O2/c26-23(21-12-6-10-17-7-4-5-11-20(17)21)27-25-22(18-8-2-1-3-9-18)19-13-15-24-16-14-19/h1-16H/b25-22-. The molecular formula is C23H16N2O2. The van der Waals surface area contributed by atoms with E-state index < -0.39 is 5.97 Å². The Kier molecular flexibility index (Phi) is 4.70. The molecule has 4 rings (SSSR count). The number of fused-ring (bicyclic) bond motifs is 1. The fourth-order valence-corrected chi connectivity index (χ4v) is 2.92. The second-order valence-electron chi connectivity index (χ2n) is 5.95. The predicted octanol–water partition coefficient (Wildman–Crippen LogP) is 4.84. The lowest BCUT2D eigenvalue weighted by atomic mass is 10.0. The van der Waals surface area contributed by atoms with Crippen LogP contribution in [0, 0.1) is 0 Å². The highest BCUT2D eigenvalue weighted by Crippen LogP contribution is 2.20. The van der Waals surface area contributed by atoms with Crippen LogP contribution in [0.2, 0.25) is 0 Å². The van der Waals surface area contributed by atoms with Gasteiger partial charge in [0.2, 0.25) is 0 Å². The second kappa shape index (κ2) is 7.62. The van der Waals surface area contributed by atoms with E-state index in [1.807, 2.05) is 78.9 Å². The Hall–Kier alpha value is -3.79. The summed E-state index contributed by atoms with van der Waals surface area (Å²) in [7, 11) is 0. The van der Waals surface area contributed by atoms with Crippen molar-refractivity contribution >= 4 is 22.5 Å². The molecule has 0 aliphatic rings. The van der Waals surface area contributed by atoms with E-state index in [1.165, 1.54) is 0 Å². The van der Waals surface area contributed by atoms with Gasteiger partial charge in [0.05, 0.1) is 5.56 Å². The number of aromatic nitrogens is 1. The van der Waals surface area contributed by atoms with Gasteiger partial charge in [-0.2, -0.15) is 0 Å². The molecule has 0 amide bonds. The van der Waals surface area contributed by atoms with Crippen LogP contribution in [0.1, 0.15) is 21.5 Å². The van der Waals surface area contributed by atoms with Crippen LogP contribution < -0.4 is 0 Å². The molecule has 0 aliphatic carbocycles. The van der Waals surface area contributed by atoms with Gasteiger partial charge in [0.25, 0.3) is 0 Å². The van der Waals surface area contributed by atoms with Gasteiger partial charge in [-0.05, 0) is 29.0 Å². The first-order chi connectivity index (χ1) is 13.3. The Balaban J connectivity index is 1.70. The lowest BCUT2D eigenvalue weighted by Crippen LogP contribution is -2.08. The van der Waals surface area contributed by atoms with Gasteiger partial charge in [-0.25, -0.2) is 4.79 Å². The van der Waals surface area contributed by atoms with Crippen molar-refractivity contribution in [2.24, 2.45) is 5.16 Å². The predicted molar refractivity (Wildman–Crippen MR) is 106 cm³/mol. The zero-order valence-corrected chi connectivity index (χ0v) is 14.4. The number of carbonyl (C=O) groups excluding carboxylic acids is 1. The first-order valence-electron chi connectivity index (χ1n) is 8.56. The molecule has 4 nitrogen and oxygen atoms in total. The molecule has 0 radical (unpaired) electrons. The van der Waals surface area contributed by atoms with Crippen molar-refractivity contribution in [3.05, 3.63) is 114 Å². The highest BCUT2D eigenvalue weighted by atomic mass is 16.7. The molecule has 1 heterocycles. The Labute approximate surface area is 156 Å². The van der Waals surface area contributed by atoms with Crippen molar-refractivity contribution in [2.75, 3.05) is 0 Å². The third kappa shape index (κ3) is 3.60. The zero-order valence-electron chi connectivity index (χ0n) is 14.4. The fraction of sp³-hybridized carbons (Fsp3) is 0. The highest BCUT2D eigenvalue weighted by molar-refractivity contribution is 6.13. The van der Waals surface area contributed by atoms with Crippen molar-refractivity contribution < 1.29 is 9.63 Å². The minimum Gasteiger partial charge on any atom is -0.312 e. The van der Waals surface area contributed by atoms with E-state index in [4.69, 9.17) is 4.84 Å². The van der Waals surface area contributed by atoms with Crippen molar-refractivity contribution in [1.29, 1.82) is 0 Å². The monoisotopic (exact) mass is 352 g/mol. The van der Waals surface area contributed by atoms with Crippen molar-refractivity contribution in [1.82, 2.24) is 4.98 Å². The number of nitrogens with zero attached hydrogens (tertiary/aromatic N) is 2. The summed E-state index contributed by atoms with van der Waals surface area (Å²) in [5.74, 6) is -0.491. The molecule has 0 saturated heterocycles. The molecule has 0 aliphatic heterocycles. The van der Waals surface area contributed by atoms with E-state index in [0.29, 0.717) is 11.3 Å². The molecule has 0 saturated carbocycles. The summed E-state index contributed by atoms with van der Waals surface area (Å²) in [6, 6.07) is 26.5. The van der Waals surface area contributed by atoms with E-state index in [9.17, 15) is 4.79 Å². The number of hydrogen-bond acceptors (Lipinski definition) is 4. The Bertz CT molecular complexity index is 1060. The van der Waals surface area contributed by atoms with E-state index in [0.717, 1.165) is 21.9 Å². The molecule has 4 heteroatoms. The van der Waals surface area contributed by atoms with Crippen LogP contribution in [-0.4, -0.2) is 16.7 Å². The van der Waals surface area contributed by atoms with Gasteiger partial charge >= 0.3 is 5.97 Å². The van der Waals surface area contributed by atoms with E-state index in [1.54, 1.807) is 18.5 Å². The minimum absolute atomic E-state index is 0.485. The first kappa shape index (κ1) is 16.7. The lowest BCUT2D eigenvalue weighted by molar-refractivity contribution is 0.0519. The number of pyridine rings is 1. The lowest BCUT2D eigenvalue weighted by Gasteiger charge is -2.07. The van der Waals surface area contributed by atoms with Gasteiger partial charge in [-0.1, -0.05) is 71.9 Å². The molecular weight excluding hydrogens is 336 g/mol. The van der Waals surface area contributed by atoms with Gasteiger partial charge in [0.1, 0.15) is 5.71 Å². The Morgan fingerprint density at radius 1 is 0.741 bits per heavy atom. The smallest absolute Gasteiger partial charge is 0.312 e. The third-order valence-corrected chi connectivity index (χ3v) is 4.23. The summed E-state index contributed by atoms with van der Waals surface area (Å²) in [6.45, 7) is 0. The van der Waals surface area contributed by atoms with Gasteiger partial charge < -0.3 is 4.84 Å². The molecule has 4 aromatic rings. The molecule has 0 bridgehead atoms. The number of oxime groups is 1. The van der Waals surface area contributed by atoms with E-state index in [2.05, 4.69) is 10.1 Å². The van der Waals surface area contributed by atoms with Crippen LogP contribution in [0.3, 0.4) is 0 Å². The summed E-state index contributed by atoms with van der Waals surface area (Å²) < 4.78 is 0. The topological polar surface area (TPSA) is 51.5 Å². The molecule has 0 spiro atoms. The molecule has 3 aromatic carbocycles. The van der Waals surface area contributed by atoms with Crippen molar-refractivity contribution in [2.45, 2.75) is 0 Å². The summed E-state index contributed by atoms with van der Waals surface area (Å²) in [5.41, 5.74) is 2.74. The molecule has 0 fully saturated rings. The summed E-state index contributed by atoms with van der Waals surface area (Å²) in [5, 5.41) is 6.00. The number of benzene rings is 3. The summed E-state index contributed by atoms with van der Waals surface area (Å²) >= 11 is 0. The van der Waals surface area contributed by atoms with Crippen LogP contribution in [0.15, 0.2) is 102 Å². The number of carbonyl (C=O) groups is 1. The van der Waals surface area contributed by atoms with Crippen molar-refractivity contribution in [3.8, 4) is 0 Å². The third-order valence-electron chi connectivity index (χ3n) is 4.23. The number of hydrogen-bond donors (Lipinski definition) is 0. The molecule has 130 valence electrons. The highest BCUT2D eigenvalue weighted by Gasteiger charge is 2.13. The van der Waals surface area contributed by atoms with Gasteiger partial charge in [-0.15, -0.1) is 0 Å². The van der Waals surface area contributed by atoms with Crippen LogP contribution in [-0.2, 0) is 4.84 Å². The largest absolute Gasteiger partial charge is 0.366 e. The van der Waals surface area contributed by atoms with Crippen LogP contribution in [0.25, 0.3) is 10.8 Å².